The van der Waals surface area contributed by atoms with Crippen LogP contribution >= 0.6 is 11.6 Å². The van der Waals surface area contributed by atoms with E-state index in [2.05, 4.69) is 164 Å². The van der Waals surface area contributed by atoms with Gasteiger partial charge in [-0.2, -0.15) is 0 Å². The Hall–Kier alpha value is -5.17. The fourth-order valence-electron chi connectivity index (χ4n) is 6.64. The average Bonchev–Trinajstić information content (AvgIpc) is 3.07. The van der Waals surface area contributed by atoms with Crippen LogP contribution in [0, 0.1) is 0 Å². The van der Waals surface area contributed by atoms with E-state index in [0.717, 1.165) is 21.5 Å². The second kappa shape index (κ2) is 10.6. The number of benzene rings is 8. The van der Waals surface area contributed by atoms with Crippen LogP contribution in [0.25, 0.3) is 76.8 Å². The maximum absolute atomic E-state index is 7.41. The lowest BCUT2D eigenvalue weighted by Gasteiger charge is -2.21. The second-order valence-electron chi connectivity index (χ2n) is 11.0. The van der Waals surface area contributed by atoms with Crippen molar-refractivity contribution in [2.24, 2.45) is 0 Å². The molecule has 0 aliphatic rings. The van der Waals surface area contributed by atoms with Gasteiger partial charge in [-0.25, -0.2) is 0 Å². The van der Waals surface area contributed by atoms with Gasteiger partial charge >= 0.3 is 0 Å². The van der Waals surface area contributed by atoms with E-state index < -0.39 is 0 Å². The maximum atomic E-state index is 7.41. The zero-order valence-electron chi connectivity index (χ0n) is 23.5. The SMILES string of the molecule is Clc1cc2c(-c3ccccc3)c3ccccc3c(-c3ccccc3)c2cc1-c1c(-c2ccccc2)ccc2ccccc12. The Balaban J connectivity index is 1.56. The van der Waals surface area contributed by atoms with E-state index in [-0.39, 0.29) is 0 Å². The van der Waals surface area contributed by atoms with Crippen molar-refractivity contribution in [2.45, 2.75) is 0 Å². The van der Waals surface area contributed by atoms with Crippen molar-refractivity contribution >= 4 is 43.9 Å². The van der Waals surface area contributed by atoms with Crippen LogP contribution < -0.4 is 0 Å². The molecule has 0 fully saturated rings. The van der Waals surface area contributed by atoms with Crippen molar-refractivity contribution in [1.29, 1.82) is 0 Å². The molecule has 0 radical (unpaired) electrons. The summed E-state index contributed by atoms with van der Waals surface area (Å²) in [5.41, 5.74) is 9.35. The van der Waals surface area contributed by atoms with Crippen LogP contribution in [0.2, 0.25) is 5.02 Å². The quantitative estimate of drug-likeness (QED) is 0.186. The highest BCUT2D eigenvalue weighted by Crippen LogP contribution is 2.48. The van der Waals surface area contributed by atoms with E-state index in [1.807, 2.05) is 0 Å². The second-order valence-corrected chi connectivity index (χ2v) is 11.4. The molecular formula is C42H27Cl. The maximum Gasteiger partial charge on any atom is 0.0491 e. The van der Waals surface area contributed by atoms with Gasteiger partial charge < -0.3 is 0 Å². The van der Waals surface area contributed by atoms with E-state index in [4.69, 9.17) is 11.6 Å². The molecule has 0 bridgehead atoms. The minimum absolute atomic E-state index is 0.743. The van der Waals surface area contributed by atoms with Crippen LogP contribution in [0.1, 0.15) is 0 Å². The first-order valence-corrected chi connectivity index (χ1v) is 15.0. The molecule has 0 atom stereocenters. The van der Waals surface area contributed by atoms with Crippen LogP contribution in [-0.4, -0.2) is 0 Å². The molecule has 1 heteroatoms. The summed E-state index contributed by atoms with van der Waals surface area (Å²) in [6.45, 7) is 0. The molecule has 0 aromatic heterocycles. The molecule has 8 rings (SSSR count). The van der Waals surface area contributed by atoms with Crippen molar-refractivity contribution in [1.82, 2.24) is 0 Å². The first-order valence-electron chi connectivity index (χ1n) is 14.6. The molecular weight excluding hydrogens is 540 g/mol. The molecule has 0 unspecified atom stereocenters. The third-order valence-electron chi connectivity index (χ3n) is 8.52. The van der Waals surface area contributed by atoms with E-state index in [9.17, 15) is 0 Å². The van der Waals surface area contributed by atoms with E-state index in [1.54, 1.807) is 0 Å². The van der Waals surface area contributed by atoms with Gasteiger partial charge in [0.05, 0.1) is 0 Å². The van der Waals surface area contributed by atoms with Gasteiger partial charge in [-0.05, 0) is 83.4 Å². The van der Waals surface area contributed by atoms with E-state index in [1.165, 1.54) is 60.3 Å². The van der Waals surface area contributed by atoms with Gasteiger partial charge in [-0.15, -0.1) is 0 Å². The lowest BCUT2D eigenvalue weighted by Crippen LogP contribution is -1.94. The molecule has 0 heterocycles. The standard InChI is InChI=1S/C42H27Cl/c43-39-27-37-36(26-38(39)42-32-21-11-10-16-29(32)24-25-33(42)28-14-4-1-5-15-28)40(30-17-6-2-7-18-30)34-22-12-13-23-35(34)41(37)31-19-8-3-9-20-31/h1-27H. The van der Waals surface area contributed by atoms with Crippen LogP contribution in [0.4, 0.5) is 0 Å². The molecule has 0 spiro atoms. The van der Waals surface area contributed by atoms with Gasteiger partial charge in [-0.1, -0.05) is 163 Å². The molecule has 0 N–H and O–H groups in total. The number of hydrogen-bond donors (Lipinski definition) is 0. The van der Waals surface area contributed by atoms with Gasteiger partial charge in [0, 0.05) is 10.6 Å². The molecule has 8 aromatic rings. The first-order chi connectivity index (χ1) is 21.3. The number of halogens is 1. The number of rotatable bonds is 4. The summed E-state index contributed by atoms with van der Waals surface area (Å²) in [5, 5.41) is 7.92. The fourth-order valence-corrected chi connectivity index (χ4v) is 6.90. The molecule has 0 aliphatic carbocycles. The monoisotopic (exact) mass is 566 g/mol. The molecule has 202 valence electrons. The third kappa shape index (κ3) is 4.31. The van der Waals surface area contributed by atoms with E-state index in [0.29, 0.717) is 0 Å². The van der Waals surface area contributed by atoms with Crippen molar-refractivity contribution in [3.63, 3.8) is 0 Å². The molecule has 0 saturated heterocycles. The summed E-state index contributed by atoms with van der Waals surface area (Å²) in [7, 11) is 0. The van der Waals surface area contributed by atoms with Crippen molar-refractivity contribution in [3.8, 4) is 44.5 Å². The highest BCUT2D eigenvalue weighted by atomic mass is 35.5. The molecule has 0 nitrogen and oxygen atoms in total. The summed E-state index contributed by atoms with van der Waals surface area (Å²) in [6.07, 6.45) is 0. The summed E-state index contributed by atoms with van der Waals surface area (Å²) in [5.74, 6) is 0. The van der Waals surface area contributed by atoms with Gasteiger partial charge in [-0.3, -0.25) is 0 Å². The summed E-state index contributed by atoms with van der Waals surface area (Å²) in [6, 6.07) is 58.4. The van der Waals surface area contributed by atoms with Crippen LogP contribution in [0.3, 0.4) is 0 Å². The van der Waals surface area contributed by atoms with Crippen molar-refractivity contribution < 1.29 is 0 Å². The van der Waals surface area contributed by atoms with Gasteiger partial charge in [0.25, 0.3) is 0 Å². The lowest BCUT2D eigenvalue weighted by atomic mass is 9.83. The van der Waals surface area contributed by atoms with Gasteiger partial charge in [0.15, 0.2) is 0 Å². The van der Waals surface area contributed by atoms with Crippen LogP contribution in [0.5, 0.6) is 0 Å². The summed E-state index contributed by atoms with van der Waals surface area (Å²) in [4.78, 5) is 0. The normalized spacial score (nSPS) is 11.4. The zero-order valence-corrected chi connectivity index (χ0v) is 24.2. The van der Waals surface area contributed by atoms with Gasteiger partial charge in [0.2, 0.25) is 0 Å². The highest BCUT2D eigenvalue weighted by Gasteiger charge is 2.21. The predicted molar refractivity (Wildman–Crippen MR) is 186 cm³/mol. The molecule has 43 heavy (non-hydrogen) atoms. The Labute approximate surface area is 256 Å². The van der Waals surface area contributed by atoms with Crippen molar-refractivity contribution in [3.05, 3.63) is 169 Å². The lowest BCUT2D eigenvalue weighted by molar-refractivity contribution is 1.61. The smallest absolute Gasteiger partial charge is 0.0491 e. The topological polar surface area (TPSA) is 0 Å². The highest BCUT2D eigenvalue weighted by molar-refractivity contribution is 6.36. The average molecular weight is 567 g/mol. The Morgan fingerprint density at radius 2 is 0.767 bits per heavy atom. The Morgan fingerprint density at radius 3 is 1.35 bits per heavy atom. The summed E-state index contributed by atoms with van der Waals surface area (Å²) < 4.78 is 0. The Bertz CT molecular complexity index is 2270. The minimum atomic E-state index is 0.743. The Kier molecular flexibility index (Phi) is 6.29. The van der Waals surface area contributed by atoms with Gasteiger partial charge in [0.1, 0.15) is 0 Å². The van der Waals surface area contributed by atoms with Crippen LogP contribution in [-0.2, 0) is 0 Å². The van der Waals surface area contributed by atoms with Crippen LogP contribution in [0.15, 0.2) is 164 Å². The summed E-state index contributed by atoms with van der Waals surface area (Å²) >= 11 is 7.41. The third-order valence-corrected chi connectivity index (χ3v) is 8.83. The zero-order chi connectivity index (χ0) is 28.8. The first kappa shape index (κ1) is 25.5. The molecule has 0 amide bonds. The number of hydrogen-bond acceptors (Lipinski definition) is 0. The largest absolute Gasteiger partial charge is 0.0836 e. The predicted octanol–water partition coefficient (Wildman–Crippen LogP) is 12.5. The number of fused-ring (bicyclic) bond motifs is 3. The van der Waals surface area contributed by atoms with Crippen molar-refractivity contribution in [2.75, 3.05) is 0 Å². The van der Waals surface area contributed by atoms with E-state index >= 15 is 0 Å². The molecule has 0 aliphatic heterocycles. The molecule has 8 aromatic carbocycles. The Morgan fingerprint density at radius 1 is 0.302 bits per heavy atom. The molecule has 0 saturated carbocycles. The fraction of sp³-hybridized carbons (Fsp3) is 0. The minimum Gasteiger partial charge on any atom is -0.0836 e.